The summed E-state index contributed by atoms with van der Waals surface area (Å²) >= 11 is 0. The zero-order valence-electron chi connectivity index (χ0n) is 5.61. The Kier molecular flexibility index (Phi) is 0.974. The molecule has 0 aliphatic heterocycles. The van der Waals surface area contributed by atoms with E-state index in [4.69, 9.17) is 4.42 Å². The number of pyridine rings is 1. The van der Waals surface area contributed by atoms with E-state index in [9.17, 15) is 0 Å². The average molecular weight is 135 g/mol. The molecule has 50 valence electrons. The first kappa shape index (κ1) is 5.41. The summed E-state index contributed by atoms with van der Waals surface area (Å²) in [6.07, 6.45) is 5.29. The van der Waals surface area contributed by atoms with Crippen molar-refractivity contribution in [3.63, 3.8) is 0 Å². The molecule has 0 N–H and O–H groups in total. The van der Waals surface area contributed by atoms with Gasteiger partial charge in [0.05, 0.1) is 0 Å². The molecule has 0 atom stereocenters. The Labute approximate surface area is 57.9 Å². The number of hydrogen-bond acceptors (Lipinski definition) is 2. The van der Waals surface area contributed by atoms with Gasteiger partial charge >= 0.3 is 0 Å². The van der Waals surface area contributed by atoms with Crippen molar-refractivity contribution in [1.29, 1.82) is 0 Å². The normalized spacial score (nSPS) is 10.5. The lowest BCUT2D eigenvalue weighted by Crippen LogP contribution is -2.25. The number of oxazole rings is 1. The van der Waals surface area contributed by atoms with Crippen LogP contribution in [0.5, 0.6) is 0 Å². The minimum atomic E-state index is 0.832. The molecule has 2 aromatic rings. The topological polar surface area (TPSA) is 29.9 Å². The maximum atomic E-state index is 5.05. The summed E-state index contributed by atoms with van der Waals surface area (Å²) in [5, 5.41) is 0. The van der Waals surface area contributed by atoms with Crippen LogP contribution in [0.25, 0.3) is 11.1 Å². The molecule has 0 aliphatic rings. The maximum absolute atomic E-state index is 5.05. The fourth-order valence-electron chi connectivity index (χ4n) is 0.907. The van der Waals surface area contributed by atoms with Crippen LogP contribution in [0, 0.1) is 0 Å². The number of hydrogen-bond donors (Lipinski definition) is 0. The van der Waals surface area contributed by atoms with E-state index >= 15 is 0 Å². The van der Waals surface area contributed by atoms with Gasteiger partial charge in [-0.25, -0.2) is 9.55 Å². The molecule has 3 heteroatoms. The van der Waals surface area contributed by atoms with E-state index in [1.807, 2.05) is 30.1 Å². The molecule has 2 aromatic heterocycles. The average Bonchev–Trinajstić information content (AvgIpc) is 2.33. The van der Waals surface area contributed by atoms with E-state index in [1.165, 1.54) is 6.39 Å². The lowest BCUT2D eigenvalue weighted by atomic mass is 10.4. The van der Waals surface area contributed by atoms with Gasteiger partial charge in [-0.1, -0.05) is 0 Å². The molecule has 0 amide bonds. The number of fused-ring (bicyclic) bond motifs is 1. The van der Waals surface area contributed by atoms with Crippen molar-refractivity contribution in [3.8, 4) is 0 Å². The predicted octanol–water partition coefficient (Wildman–Crippen LogP) is 0.652. The zero-order valence-corrected chi connectivity index (χ0v) is 5.61. The second-order valence-corrected chi connectivity index (χ2v) is 2.21. The molecule has 0 fully saturated rings. The highest BCUT2D eigenvalue weighted by molar-refractivity contribution is 5.68. The fourth-order valence-corrected chi connectivity index (χ4v) is 0.907. The van der Waals surface area contributed by atoms with E-state index in [-0.39, 0.29) is 0 Å². The first-order valence-electron chi connectivity index (χ1n) is 3.05. The third kappa shape index (κ3) is 0.673. The quantitative estimate of drug-likeness (QED) is 0.496. The number of nitrogens with zero attached hydrogens (tertiary/aromatic N) is 2. The van der Waals surface area contributed by atoms with Crippen molar-refractivity contribution in [3.05, 3.63) is 24.9 Å². The standard InChI is InChI=1S/C7H7N2O/c1-9-3-2-7-6(4-9)8-5-10-7/h2-5H,1H3/q+1. The van der Waals surface area contributed by atoms with Crippen LogP contribution in [0.4, 0.5) is 0 Å². The van der Waals surface area contributed by atoms with Crippen LogP contribution in [0.1, 0.15) is 0 Å². The van der Waals surface area contributed by atoms with Gasteiger partial charge in [0.1, 0.15) is 7.05 Å². The molecule has 0 saturated carbocycles. The third-order valence-corrected chi connectivity index (χ3v) is 1.41. The number of aryl methyl sites for hydroxylation is 1. The molecule has 0 spiro atoms. The van der Waals surface area contributed by atoms with Gasteiger partial charge in [0, 0.05) is 6.07 Å². The van der Waals surface area contributed by atoms with Gasteiger partial charge in [0.15, 0.2) is 29.9 Å². The van der Waals surface area contributed by atoms with E-state index in [2.05, 4.69) is 4.98 Å². The summed E-state index contributed by atoms with van der Waals surface area (Å²) in [7, 11) is 1.95. The van der Waals surface area contributed by atoms with Crippen LogP contribution >= 0.6 is 0 Å². The third-order valence-electron chi connectivity index (χ3n) is 1.41. The Bertz CT molecular complexity index is 353. The summed E-state index contributed by atoms with van der Waals surface area (Å²) in [5.74, 6) is 0. The number of rotatable bonds is 0. The SMILES string of the molecule is C[n+]1ccc2ocnc2c1. The lowest BCUT2D eigenvalue weighted by molar-refractivity contribution is -0.670. The van der Waals surface area contributed by atoms with E-state index < -0.39 is 0 Å². The molecule has 0 unspecified atom stereocenters. The maximum Gasteiger partial charge on any atom is 0.198 e. The van der Waals surface area contributed by atoms with Crippen molar-refractivity contribution in [2.24, 2.45) is 7.05 Å². The molecule has 0 aliphatic carbocycles. The molecule has 10 heavy (non-hydrogen) atoms. The van der Waals surface area contributed by atoms with Gasteiger partial charge in [0.25, 0.3) is 0 Å². The minimum Gasteiger partial charge on any atom is -0.443 e. The molecule has 3 nitrogen and oxygen atoms in total. The summed E-state index contributed by atoms with van der Waals surface area (Å²) < 4.78 is 6.98. The smallest absolute Gasteiger partial charge is 0.198 e. The largest absolute Gasteiger partial charge is 0.443 e. The fraction of sp³-hybridized carbons (Fsp3) is 0.143. The summed E-state index contributed by atoms with van der Waals surface area (Å²) in [6.45, 7) is 0. The van der Waals surface area contributed by atoms with Crippen LogP contribution in [0.3, 0.4) is 0 Å². The monoisotopic (exact) mass is 135 g/mol. The molecule has 2 heterocycles. The van der Waals surface area contributed by atoms with Gasteiger partial charge in [-0.2, -0.15) is 0 Å². The first-order chi connectivity index (χ1) is 4.86. The van der Waals surface area contributed by atoms with Gasteiger partial charge in [-0.3, -0.25) is 0 Å². The van der Waals surface area contributed by atoms with E-state index in [0.717, 1.165) is 11.1 Å². The second-order valence-electron chi connectivity index (χ2n) is 2.21. The number of aromatic nitrogens is 2. The van der Waals surface area contributed by atoms with Crippen molar-refractivity contribution in [2.45, 2.75) is 0 Å². The zero-order chi connectivity index (χ0) is 6.97. The Morgan fingerprint density at radius 1 is 1.60 bits per heavy atom. The van der Waals surface area contributed by atoms with Gasteiger partial charge in [-0.05, 0) is 0 Å². The van der Waals surface area contributed by atoms with Crippen LogP contribution in [0.2, 0.25) is 0 Å². The second kappa shape index (κ2) is 1.80. The van der Waals surface area contributed by atoms with Crippen molar-refractivity contribution >= 4 is 11.1 Å². The minimum absolute atomic E-state index is 0.832. The van der Waals surface area contributed by atoms with Crippen molar-refractivity contribution in [1.82, 2.24) is 4.98 Å². The van der Waals surface area contributed by atoms with E-state index in [1.54, 1.807) is 0 Å². The van der Waals surface area contributed by atoms with E-state index in [0.29, 0.717) is 0 Å². The Balaban J connectivity index is 2.86. The summed E-state index contributed by atoms with van der Waals surface area (Å²) in [5.41, 5.74) is 1.73. The van der Waals surface area contributed by atoms with Crippen molar-refractivity contribution < 1.29 is 8.98 Å². The van der Waals surface area contributed by atoms with Gasteiger partial charge in [-0.15, -0.1) is 0 Å². The highest BCUT2D eigenvalue weighted by atomic mass is 16.3. The highest BCUT2D eigenvalue weighted by Crippen LogP contribution is 2.06. The van der Waals surface area contributed by atoms with Crippen molar-refractivity contribution in [2.75, 3.05) is 0 Å². The lowest BCUT2D eigenvalue weighted by Gasteiger charge is -1.82. The highest BCUT2D eigenvalue weighted by Gasteiger charge is 2.00. The Hall–Kier alpha value is -1.38. The molecule has 2 rings (SSSR count). The van der Waals surface area contributed by atoms with Crippen LogP contribution in [0.15, 0.2) is 29.3 Å². The molecule has 0 radical (unpaired) electrons. The van der Waals surface area contributed by atoms with Crippen LogP contribution in [-0.4, -0.2) is 4.98 Å². The summed E-state index contributed by atoms with van der Waals surface area (Å²) in [6, 6.07) is 1.89. The molecule has 0 aromatic carbocycles. The molecular weight excluding hydrogens is 128 g/mol. The summed E-state index contributed by atoms with van der Waals surface area (Å²) in [4.78, 5) is 3.99. The Morgan fingerprint density at radius 3 is 3.40 bits per heavy atom. The molecule has 0 saturated heterocycles. The van der Waals surface area contributed by atoms with Gasteiger partial charge < -0.3 is 4.42 Å². The van der Waals surface area contributed by atoms with Crippen LogP contribution in [-0.2, 0) is 7.05 Å². The predicted molar refractivity (Wildman–Crippen MR) is 35.2 cm³/mol. The van der Waals surface area contributed by atoms with Crippen LogP contribution < -0.4 is 4.57 Å². The molecule has 0 bridgehead atoms. The Morgan fingerprint density at radius 2 is 2.50 bits per heavy atom. The molecular formula is C7H7N2O+. The van der Waals surface area contributed by atoms with Gasteiger partial charge in [0.2, 0.25) is 0 Å². The first-order valence-corrected chi connectivity index (χ1v) is 3.05.